The van der Waals surface area contributed by atoms with E-state index >= 15 is 0 Å². The van der Waals surface area contributed by atoms with Crippen LogP contribution in [0.25, 0.3) is 5.69 Å². The lowest BCUT2D eigenvalue weighted by atomic mass is 9.98. The van der Waals surface area contributed by atoms with Crippen molar-refractivity contribution in [2.75, 3.05) is 39.0 Å². The molecule has 0 saturated carbocycles. The Labute approximate surface area is 174 Å². The Balaban J connectivity index is 1.42. The number of Topliss-reactive ketones (excluding diaryl/α,β-unsaturated/α-hetero) is 1. The molecule has 0 spiro atoms. The largest absolute Gasteiger partial charge is 0.497 e. The highest BCUT2D eigenvalue weighted by Crippen LogP contribution is 2.26. The van der Waals surface area contributed by atoms with E-state index in [-0.39, 0.29) is 35.9 Å². The minimum absolute atomic E-state index is 0.0221. The van der Waals surface area contributed by atoms with Gasteiger partial charge in [-0.1, -0.05) is 0 Å². The highest BCUT2D eigenvalue weighted by molar-refractivity contribution is 6.02. The molecule has 2 aliphatic heterocycles. The molecule has 0 bridgehead atoms. The minimum Gasteiger partial charge on any atom is -0.497 e. The van der Waals surface area contributed by atoms with E-state index in [9.17, 15) is 14.4 Å². The second-order valence-electron chi connectivity index (χ2n) is 7.66. The summed E-state index contributed by atoms with van der Waals surface area (Å²) < 4.78 is 6.67. The van der Waals surface area contributed by atoms with E-state index in [1.165, 1.54) is 10.9 Å². The van der Waals surface area contributed by atoms with Crippen molar-refractivity contribution in [2.24, 2.45) is 5.92 Å². The Morgan fingerprint density at radius 2 is 2.00 bits per heavy atom. The standard InChI is InChI=1S/C21H25N5O4/c1-30-16-6-4-15(5-7-16)26-21(22)17(11-23-26)20(29)14-8-10-25(12-14)19(28)13-24-9-2-3-18(24)27/h4-7,11,14H,2-3,8-10,12-13,22H2,1H3/t14-/m0/s1. The van der Waals surface area contributed by atoms with Crippen LogP contribution in [-0.4, -0.2) is 70.5 Å². The van der Waals surface area contributed by atoms with Gasteiger partial charge < -0.3 is 20.3 Å². The predicted molar refractivity (Wildman–Crippen MR) is 109 cm³/mol. The van der Waals surface area contributed by atoms with Crippen LogP contribution in [0.5, 0.6) is 5.75 Å². The van der Waals surface area contributed by atoms with Gasteiger partial charge in [0.1, 0.15) is 11.6 Å². The van der Waals surface area contributed by atoms with E-state index in [4.69, 9.17) is 10.5 Å². The minimum atomic E-state index is -0.320. The molecule has 1 aromatic heterocycles. The number of anilines is 1. The summed E-state index contributed by atoms with van der Waals surface area (Å²) in [5.41, 5.74) is 7.31. The van der Waals surface area contributed by atoms with Crippen molar-refractivity contribution in [1.82, 2.24) is 19.6 Å². The zero-order valence-electron chi connectivity index (χ0n) is 16.9. The number of nitrogens with two attached hydrogens (primary N) is 1. The molecule has 2 saturated heterocycles. The Morgan fingerprint density at radius 3 is 2.67 bits per heavy atom. The van der Waals surface area contributed by atoms with Crippen LogP contribution in [0.1, 0.15) is 29.6 Å². The van der Waals surface area contributed by atoms with Gasteiger partial charge in [-0.05, 0) is 37.1 Å². The van der Waals surface area contributed by atoms with Crippen molar-refractivity contribution in [3.8, 4) is 11.4 Å². The number of nitrogens with zero attached hydrogens (tertiary/aromatic N) is 4. The monoisotopic (exact) mass is 411 g/mol. The van der Waals surface area contributed by atoms with Gasteiger partial charge in [-0.2, -0.15) is 5.10 Å². The van der Waals surface area contributed by atoms with Gasteiger partial charge in [-0.25, -0.2) is 4.68 Å². The van der Waals surface area contributed by atoms with E-state index in [2.05, 4.69) is 5.10 Å². The summed E-state index contributed by atoms with van der Waals surface area (Å²) in [5.74, 6) is 0.472. The molecule has 4 rings (SSSR count). The maximum Gasteiger partial charge on any atom is 0.242 e. The Morgan fingerprint density at radius 1 is 1.23 bits per heavy atom. The van der Waals surface area contributed by atoms with Crippen LogP contribution in [0.2, 0.25) is 0 Å². The molecule has 2 amide bonds. The second-order valence-corrected chi connectivity index (χ2v) is 7.66. The lowest BCUT2D eigenvalue weighted by Gasteiger charge is -2.21. The molecule has 9 heteroatoms. The number of likely N-dealkylation sites (tertiary alicyclic amines) is 2. The highest BCUT2D eigenvalue weighted by Gasteiger charge is 2.34. The number of carbonyl (C=O) groups is 3. The van der Waals surface area contributed by atoms with E-state index < -0.39 is 0 Å². The van der Waals surface area contributed by atoms with E-state index in [1.54, 1.807) is 29.0 Å². The van der Waals surface area contributed by atoms with Crippen LogP contribution in [0, 0.1) is 5.92 Å². The molecule has 3 heterocycles. The van der Waals surface area contributed by atoms with Crippen LogP contribution in [-0.2, 0) is 9.59 Å². The number of ketones is 1. The van der Waals surface area contributed by atoms with Gasteiger partial charge in [0, 0.05) is 32.0 Å². The van der Waals surface area contributed by atoms with Crippen LogP contribution >= 0.6 is 0 Å². The van der Waals surface area contributed by atoms with Crippen molar-refractivity contribution in [3.63, 3.8) is 0 Å². The predicted octanol–water partition coefficient (Wildman–Crippen LogP) is 1.12. The molecule has 2 fully saturated rings. The molecule has 1 aromatic carbocycles. The fraction of sp³-hybridized carbons (Fsp3) is 0.429. The van der Waals surface area contributed by atoms with Gasteiger partial charge in [0.05, 0.1) is 31.1 Å². The second kappa shape index (κ2) is 8.17. The van der Waals surface area contributed by atoms with Gasteiger partial charge in [0.25, 0.3) is 0 Å². The van der Waals surface area contributed by atoms with Crippen molar-refractivity contribution in [2.45, 2.75) is 19.3 Å². The summed E-state index contributed by atoms with van der Waals surface area (Å²) in [4.78, 5) is 40.6. The molecule has 9 nitrogen and oxygen atoms in total. The summed E-state index contributed by atoms with van der Waals surface area (Å²) >= 11 is 0. The number of carbonyl (C=O) groups excluding carboxylic acids is 3. The fourth-order valence-corrected chi connectivity index (χ4v) is 4.03. The van der Waals surface area contributed by atoms with Crippen LogP contribution in [0.4, 0.5) is 5.82 Å². The van der Waals surface area contributed by atoms with Gasteiger partial charge in [0.2, 0.25) is 11.8 Å². The molecule has 2 N–H and O–H groups in total. The summed E-state index contributed by atoms with van der Waals surface area (Å²) in [6.45, 7) is 1.57. The van der Waals surface area contributed by atoms with E-state index in [0.717, 1.165) is 12.1 Å². The molecule has 1 atom stereocenters. The van der Waals surface area contributed by atoms with Gasteiger partial charge in [-0.15, -0.1) is 0 Å². The molecular weight excluding hydrogens is 386 g/mol. The summed E-state index contributed by atoms with van der Waals surface area (Å²) in [7, 11) is 1.59. The summed E-state index contributed by atoms with van der Waals surface area (Å²) in [6.07, 6.45) is 3.36. The Hall–Kier alpha value is -3.36. The SMILES string of the molecule is COc1ccc(-n2ncc(C(=O)[C@H]3CCN(C(=O)CN4CCCC4=O)C3)c2N)cc1. The molecule has 2 aromatic rings. The number of nitrogen functional groups attached to an aromatic ring is 1. The first kappa shape index (κ1) is 19.9. The lowest BCUT2D eigenvalue weighted by Crippen LogP contribution is -2.40. The number of amides is 2. The fourth-order valence-electron chi connectivity index (χ4n) is 4.03. The average Bonchev–Trinajstić information content (AvgIpc) is 3.48. The quantitative estimate of drug-likeness (QED) is 0.713. The normalized spacial score (nSPS) is 18.8. The number of hydrogen-bond donors (Lipinski definition) is 1. The first-order valence-corrected chi connectivity index (χ1v) is 10.1. The molecule has 0 unspecified atom stereocenters. The molecule has 0 aliphatic carbocycles. The van der Waals surface area contributed by atoms with Crippen molar-refractivity contribution in [3.05, 3.63) is 36.0 Å². The van der Waals surface area contributed by atoms with Crippen molar-refractivity contribution >= 4 is 23.4 Å². The number of rotatable bonds is 6. The third-order valence-electron chi connectivity index (χ3n) is 5.80. The smallest absolute Gasteiger partial charge is 0.242 e. The third-order valence-corrected chi connectivity index (χ3v) is 5.80. The highest BCUT2D eigenvalue weighted by atomic mass is 16.5. The number of ether oxygens (including phenoxy) is 1. The Kier molecular flexibility index (Phi) is 5.43. The maximum atomic E-state index is 13.0. The number of hydrogen-bond acceptors (Lipinski definition) is 6. The molecule has 0 radical (unpaired) electrons. The van der Waals surface area contributed by atoms with Gasteiger partial charge in [-0.3, -0.25) is 14.4 Å². The lowest BCUT2D eigenvalue weighted by molar-refractivity contribution is -0.137. The topological polar surface area (TPSA) is 111 Å². The van der Waals surface area contributed by atoms with Gasteiger partial charge in [0.15, 0.2) is 5.78 Å². The number of aromatic nitrogens is 2. The summed E-state index contributed by atoms with van der Waals surface area (Å²) in [5, 5.41) is 4.27. The van der Waals surface area contributed by atoms with Crippen LogP contribution in [0.3, 0.4) is 0 Å². The van der Waals surface area contributed by atoms with Crippen molar-refractivity contribution < 1.29 is 19.1 Å². The average molecular weight is 411 g/mol. The van der Waals surface area contributed by atoms with Crippen molar-refractivity contribution in [1.29, 1.82) is 0 Å². The zero-order chi connectivity index (χ0) is 21.3. The molecular formula is C21H25N5O4. The first-order valence-electron chi connectivity index (χ1n) is 10.1. The Bertz CT molecular complexity index is 968. The van der Waals surface area contributed by atoms with Gasteiger partial charge >= 0.3 is 0 Å². The van der Waals surface area contributed by atoms with Crippen LogP contribution < -0.4 is 10.5 Å². The first-order chi connectivity index (χ1) is 14.5. The van der Waals surface area contributed by atoms with E-state index in [1.807, 2.05) is 12.1 Å². The molecule has 158 valence electrons. The van der Waals surface area contributed by atoms with E-state index in [0.29, 0.717) is 43.8 Å². The zero-order valence-corrected chi connectivity index (χ0v) is 16.9. The van der Waals surface area contributed by atoms with Crippen LogP contribution in [0.15, 0.2) is 30.5 Å². The summed E-state index contributed by atoms with van der Waals surface area (Å²) in [6, 6.07) is 7.21. The third kappa shape index (κ3) is 3.74. The molecule has 30 heavy (non-hydrogen) atoms. The molecule has 2 aliphatic rings. The number of benzene rings is 1. The number of methoxy groups -OCH3 is 1. The maximum absolute atomic E-state index is 13.0.